The van der Waals surface area contributed by atoms with E-state index in [9.17, 15) is 14.9 Å². The molecule has 2 saturated carbocycles. The molecule has 0 bridgehead atoms. The Bertz CT molecular complexity index is 628. The summed E-state index contributed by atoms with van der Waals surface area (Å²) in [5.74, 6) is -0.442. The van der Waals surface area contributed by atoms with Gasteiger partial charge in [0, 0.05) is 12.6 Å². The van der Waals surface area contributed by atoms with Crippen LogP contribution in [0, 0.1) is 22.7 Å². The molecule has 0 aromatic heterocycles. The van der Waals surface area contributed by atoms with E-state index in [0.29, 0.717) is 31.6 Å². The number of fused-ring (bicyclic) bond motifs is 1. The average Bonchev–Trinajstić information content (AvgIpc) is 3.24. The quantitative estimate of drug-likeness (QED) is 0.833. The monoisotopic (exact) mass is 330 g/mol. The van der Waals surface area contributed by atoms with Gasteiger partial charge in [-0.3, -0.25) is 9.59 Å². The van der Waals surface area contributed by atoms with Crippen molar-refractivity contribution in [2.45, 2.75) is 57.1 Å². The summed E-state index contributed by atoms with van der Waals surface area (Å²) >= 11 is 0. The lowest BCUT2D eigenvalue weighted by Gasteiger charge is -2.27. The van der Waals surface area contributed by atoms with Gasteiger partial charge in [-0.05, 0) is 32.1 Å². The number of carbonyl (C=O) groups excluding carboxylic acids is 2. The number of rotatable bonds is 3. The van der Waals surface area contributed by atoms with E-state index in [1.165, 1.54) is 0 Å². The van der Waals surface area contributed by atoms with Gasteiger partial charge in [0.1, 0.15) is 5.41 Å². The molecule has 4 rings (SSSR count). The zero-order valence-corrected chi connectivity index (χ0v) is 13.7. The van der Waals surface area contributed by atoms with Crippen LogP contribution in [0.25, 0.3) is 0 Å². The molecule has 1 saturated heterocycles. The largest absolute Gasteiger partial charge is 0.389 e. The number of hydrogen-bond donors (Lipinski definition) is 1. The van der Waals surface area contributed by atoms with Crippen LogP contribution >= 0.6 is 0 Å². The van der Waals surface area contributed by atoms with E-state index in [0.717, 1.165) is 32.1 Å². The van der Waals surface area contributed by atoms with E-state index in [4.69, 9.17) is 4.84 Å². The van der Waals surface area contributed by atoms with Crippen LogP contribution in [-0.2, 0) is 14.4 Å². The van der Waals surface area contributed by atoms with Crippen LogP contribution < -0.4 is 5.32 Å². The predicted octanol–water partition coefficient (Wildman–Crippen LogP) is 0.952. The Labute approximate surface area is 141 Å². The lowest BCUT2D eigenvalue weighted by atomic mass is 9.86. The molecule has 7 heteroatoms. The minimum Gasteiger partial charge on any atom is -0.389 e. The van der Waals surface area contributed by atoms with Gasteiger partial charge in [-0.15, -0.1) is 0 Å². The number of hydrogen-bond acceptors (Lipinski definition) is 5. The lowest BCUT2D eigenvalue weighted by molar-refractivity contribution is -0.138. The maximum atomic E-state index is 12.8. The molecule has 2 aliphatic heterocycles. The fraction of sp³-hybridized carbons (Fsp3) is 0.765. The molecule has 2 heterocycles. The van der Waals surface area contributed by atoms with Crippen LogP contribution in [0.5, 0.6) is 0 Å². The van der Waals surface area contributed by atoms with Gasteiger partial charge in [0.15, 0.2) is 11.8 Å². The standard InChI is InChI=1S/C17H22N4O3/c18-10-17(6-1-2-7-17)16(23)21-8-12-13(9-21)24-20-14(12)15(22)19-11-4-3-5-11/h11-13H,1-9H2,(H,19,22)/t12-,13+/m0/s1. The zero-order chi connectivity index (χ0) is 16.7. The summed E-state index contributed by atoms with van der Waals surface area (Å²) in [7, 11) is 0. The summed E-state index contributed by atoms with van der Waals surface area (Å²) in [5.41, 5.74) is -0.468. The number of oxime groups is 1. The Balaban J connectivity index is 1.42. The SMILES string of the molecule is N#CC1(C(=O)N2C[C@@H]3C(C(=O)NC4CCC4)=NO[C@@H]3C2)CCCC1. The molecular formula is C17H22N4O3. The van der Waals surface area contributed by atoms with Crippen LogP contribution in [-0.4, -0.2) is 47.7 Å². The van der Waals surface area contributed by atoms with Crippen molar-refractivity contribution in [1.29, 1.82) is 5.26 Å². The van der Waals surface area contributed by atoms with Crippen molar-refractivity contribution in [2.75, 3.05) is 13.1 Å². The van der Waals surface area contributed by atoms with Gasteiger partial charge in [0.2, 0.25) is 5.91 Å². The van der Waals surface area contributed by atoms with Crippen LogP contribution in [0.2, 0.25) is 0 Å². The van der Waals surface area contributed by atoms with Gasteiger partial charge in [-0.1, -0.05) is 18.0 Å². The Hall–Kier alpha value is -2.10. The molecule has 7 nitrogen and oxygen atoms in total. The second-order valence-corrected chi connectivity index (χ2v) is 7.44. The highest BCUT2D eigenvalue weighted by Gasteiger charge is 2.51. The number of carbonyl (C=O) groups is 2. The molecule has 128 valence electrons. The second kappa shape index (κ2) is 5.76. The van der Waals surface area contributed by atoms with Gasteiger partial charge < -0.3 is 15.1 Å². The number of amides is 2. The molecule has 3 fully saturated rings. The van der Waals surface area contributed by atoms with Crippen LogP contribution in [0.3, 0.4) is 0 Å². The summed E-state index contributed by atoms with van der Waals surface area (Å²) in [4.78, 5) is 32.3. The van der Waals surface area contributed by atoms with Crippen LogP contribution in [0.4, 0.5) is 0 Å². The fourth-order valence-electron chi connectivity index (χ4n) is 4.18. The first-order valence-corrected chi connectivity index (χ1v) is 8.88. The molecule has 4 aliphatic rings. The van der Waals surface area contributed by atoms with E-state index in [1.807, 2.05) is 0 Å². The molecule has 24 heavy (non-hydrogen) atoms. The van der Waals surface area contributed by atoms with Crippen molar-refractivity contribution in [1.82, 2.24) is 10.2 Å². The molecule has 2 atom stereocenters. The number of nitriles is 1. The fourth-order valence-corrected chi connectivity index (χ4v) is 4.18. The maximum Gasteiger partial charge on any atom is 0.269 e. The highest BCUT2D eigenvalue weighted by Crippen LogP contribution is 2.41. The number of nitrogens with one attached hydrogen (secondary N) is 1. The first kappa shape index (κ1) is 15.4. The van der Waals surface area contributed by atoms with Gasteiger partial charge in [0.05, 0.1) is 18.5 Å². The summed E-state index contributed by atoms with van der Waals surface area (Å²) in [5, 5.41) is 16.5. The van der Waals surface area contributed by atoms with Crippen molar-refractivity contribution in [3.63, 3.8) is 0 Å². The van der Waals surface area contributed by atoms with E-state index >= 15 is 0 Å². The number of likely N-dealkylation sites (tertiary alicyclic amines) is 1. The molecular weight excluding hydrogens is 308 g/mol. The summed E-state index contributed by atoms with van der Waals surface area (Å²) in [6, 6.07) is 2.50. The molecule has 2 aliphatic carbocycles. The van der Waals surface area contributed by atoms with Gasteiger partial charge in [-0.25, -0.2) is 0 Å². The summed E-state index contributed by atoms with van der Waals surface area (Å²) < 4.78 is 0. The van der Waals surface area contributed by atoms with Crippen molar-refractivity contribution in [3.8, 4) is 6.07 Å². The highest BCUT2D eigenvalue weighted by molar-refractivity contribution is 6.40. The van der Waals surface area contributed by atoms with Gasteiger partial charge in [0.25, 0.3) is 5.91 Å². The number of nitrogens with zero attached hydrogens (tertiary/aromatic N) is 3. The third-order valence-corrected chi connectivity index (χ3v) is 5.94. The minimum absolute atomic E-state index is 0.0979. The zero-order valence-electron chi connectivity index (χ0n) is 13.7. The summed E-state index contributed by atoms with van der Waals surface area (Å²) in [6.07, 6.45) is 6.05. The smallest absolute Gasteiger partial charge is 0.269 e. The Morgan fingerprint density at radius 1 is 1.25 bits per heavy atom. The predicted molar refractivity (Wildman–Crippen MR) is 84.7 cm³/mol. The molecule has 0 aromatic carbocycles. The van der Waals surface area contributed by atoms with Crippen molar-refractivity contribution in [3.05, 3.63) is 0 Å². The first-order valence-electron chi connectivity index (χ1n) is 8.88. The third kappa shape index (κ3) is 2.36. The molecule has 0 aromatic rings. The molecule has 1 N–H and O–H groups in total. The second-order valence-electron chi connectivity index (χ2n) is 7.44. The maximum absolute atomic E-state index is 12.8. The first-order chi connectivity index (χ1) is 11.6. The van der Waals surface area contributed by atoms with Crippen molar-refractivity contribution >= 4 is 17.5 Å². The average molecular weight is 330 g/mol. The van der Waals surface area contributed by atoms with E-state index in [-0.39, 0.29) is 29.9 Å². The van der Waals surface area contributed by atoms with Crippen LogP contribution in [0.15, 0.2) is 5.16 Å². The lowest BCUT2D eigenvalue weighted by Crippen LogP contribution is -2.45. The van der Waals surface area contributed by atoms with Crippen LogP contribution in [0.1, 0.15) is 44.9 Å². The Morgan fingerprint density at radius 2 is 2.00 bits per heavy atom. The van der Waals surface area contributed by atoms with E-state index in [2.05, 4.69) is 16.5 Å². The van der Waals surface area contributed by atoms with Crippen molar-refractivity contribution < 1.29 is 14.4 Å². The molecule has 0 unspecified atom stereocenters. The molecule has 0 spiro atoms. The Kier molecular flexibility index (Phi) is 3.70. The third-order valence-electron chi connectivity index (χ3n) is 5.94. The van der Waals surface area contributed by atoms with Gasteiger partial charge >= 0.3 is 0 Å². The molecule has 0 radical (unpaired) electrons. The van der Waals surface area contributed by atoms with E-state index in [1.54, 1.807) is 4.90 Å². The minimum atomic E-state index is -0.871. The van der Waals surface area contributed by atoms with Crippen molar-refractivity contribution in [2.24, 2.45) is 16.5 Å². The normalized spacial score (nSPS) is 30.8. The molecule has 2 amide bonds. The van der Waals surface area contributed by atoms with Gasteiger partial charge in [-0.2, -0.15) is 5.26 Å². The highest BCUT2D eigenvalue weighted by atomic mass is 16.6. The summed E-state index contributed by atoms with van der Waals surface area (Å²) in [6.45, 7) is 0.834. The Morgan fingerprint density at radius 3 is 2.62 bits per heavy atom. The van der Waals surface area contributed by atoms with E-state index < -0.39 is 5.41 Å². The topological polar surface area (TPSA) is 94.8 Å².